The van der Waals surface area contributed by atoms with E-state index < -0.39 is 11.8 Å². The Kier molecular flexibility index (Phi) is 4.25. The molecule has 0 aliphatic heterocycles. The molecule has 0 aliphatic rings. The Balaban J connectivity index is 2.94. The van der Waals surface area contributed by atoms with E-state index in [0.717, 1.165) is 0 Å². The third-order valence-electron chi connectivity index (χ3n) is 2.08. The van der Waals surface area contributed by atoms with Crippen molar-refractivity contribution in [3.05, 3.63) is 17.7 Å². The Morgan fingerprint density at radius 1 is 1.59 bits per heavy atom. The van der Waals surface area contributed by atoms with Crippen molar-refractivity contribution in [1.82, 2.24) is 9.55 Å². The van der Waals surface area contributed by atoms with Gasteiger partial charge in [0.1, 0.15) is 18.1 Å². The van der Waals surface area contributed by atoms with E-state index in [1.807, 2.05) is 6.92 Å². The van der Waals surface area contributed by atoms with Crippen LogP contribution in [-0.2, 0) is 22.6 Å². The zero-order valence-electron chi connectivity index (χ0n) is 10.6. The smallest absolute Gasteiger partial charge is 0.359 e. The highest BCUT2D eigenvalue weighted by atomic mass is 16.7. The first kappa shape index (κ1) is 13.7. The van der Waals surface area contributed by atoms with E-state index in [9.17, 15) is 9.90 Å². The Morgan fingerprint density at radius 3 is 2.71 bits per heavy atom. The van der Waals surface area contributed by atoms with Gasteiger partial charge in [-0.3, -0.25) is 0 Å². The highest BCUT2D eigenvalue weighted by Crippen LogP contribution is 2.12. The Morgan fingerprint density at radius 2 is 2.24 bits per heavy atom. The monoisotopic (exact) mass is 242 g/mol. The second-order valence-electron chi connectivity index (χ2n) is 4.07. The maximum atomic E-state index is 11.8. The number of imidazole rings is 1. The van der Waals surface area contributed by atoms with Crippen molar-refractivity contribution in [2.45, 2.75) is 39.7 Å². The zero-order chi connectivity index (χ0) is 13.1. The van der Waals surface area contributed by atoms with Crippen LogP contribution >= 0.6 is 0 Å². The largest absolute Gasteiger partial charge is 0.429 e. The summed E-state index contributed by atoms with van der Waals surface area (Å²) in [5, 5.41) is 9.43. The molecule has 0 amide bonds. The molecule has 1 aromatic rings. The van der Waals surface area contributed by atoms with Crippen LogP contribution in [0, 0.1) is 0 Å². The molecule has 1 rings (SSSR count). The van der Waals surface area contributed by atoms with Gasteiger partial charge in [0.2, 0.25) is 5.79 Å². The molecular weight excluding hydrogens is 224 g/mol. The predicted molar refractivity (Wildman–Crippen MR) is 60.3 cm³/mol. The first-order valence-corrected chi connectivity index (χ1v) is 5.38. The van der Waals surface area contributed by atoms with E-state index in [1.54, 1.807) is 11.7 Å². The lowest BCUT2D eigenvalue weighted by Crippen LogP contribution is -2.28. The molecule has 1 N–H and O–H groups in total. The minimum absolute atomic E-state index is 0.307. The number of hydrogen-bond donors (Lipinski definition) is 1. The molecule has 0 unspecified atom stereocenters. The summed E-state index contributed by atoms with van der Waals surface area (Å²) in [6.07, 6.45) is 1.42. The van der Waals surface area contributed by atoms with Gasteiger partial charge >= 0.3 is 5.97 Å². The molecule has 1 heterocycles. The van der Waals surface area contributed by atoms with Crippen LogP contribution < -0.4 is 0 Å². The first-order valence-electron chi connectivity index (χ1n) is 5.38. The number of esters is 1. The van der Waals surface area contributed by atoms with Gasteiger partial charge in [0.05, 0.1) is 6.20 Å². The molecular formula is C11H18N2O4. The lowest BCUT2D eigenvalue weighted by atomic mass is 10.4. The molecule has 0 atom stereocenters. The van der Waals surface area contributed by atoms with Crippen LogP contribution in [0.15, 0.2) is 6.20 Å². The zero-order valence-corrected chi connectivity index (χ0v) is 10.6. The molecule has 0 saturated heterocycles. The van der Waals surface area contributed by atoms with Gasteiger partial charge in [0.15, 0.2) is 0 Å². The molecule has 17 heavy (non-hydrogen) atoms. The molecule has 0 aliphatic carbocycles. The van der Waals surface area contributed by atoms with Crippen molar-refractivity contribution in [3.8, 4) is 0 Å². The summed E-state index contributed by atoms with van der Waals surface area (Å²) in [7, 11) is 1.56. The number of hydrogen-bond acceptors (Lipinski definition) is 5. The summed E-state index contributed by atoms with van der Waals surface area (Å²) >= 11 is 0. The lowest BCUT2D eigenvalue weighted by molar-refractivity contribution is -0.137. The minimum Gasteiger partial charge on any atom is -0.429 e. The number of carbonyl (C=O) groups is 1. The Bertz CT molecular complexity index is 393. The van der Waals surface area contributed by atoms with Gasteiger partial charge < -0.3 is 19.1 Å². The molecule has 0 saturated carbocycles. The van der Waals surface area contributed by atoms with Gasteiger partial charge in [-0.25, -0.2) is 9.78 Å². The number of aliphatic hydroxyl groups is 1. The van der Waals surface area contributed by atoms with Crippen molar-refractivity contribution in [3.63, 3.8) is 0 Å². The van der Waals surface area contributed by atoms with Crippen LogP contribution in [0.1, 0.15) is 37.1 Å². The lowest BCUT2D eigenvalue weighted by Gasteiger charge is -2.18. The van der Waals surface area contributed by atoms with Crippen molar-refractivity contribution >= 4 is 5.97 Å². The molecule has 6 nitrogen and oxygen atoms in total. The van der Waals surface area contributed by atoms with Gasteiger partial charge in [0, 0.05) is 27.5 Å². The van der Waals surface area contributed by atoms with Crippen LogP contribution in [0.5, 0.6) is 0 Å². The van der Waals surface area contributed by atoms with E-state index in [0.29, 0.717) is 24.7 Å². The summed E-state index contributed by atoms with van der Waals surface area (Å²) in [5.74, 6) is -1.45. The number of carbonyl (C=O) groups excluding carboxylic acids is 1. The number of aromatic nitrogens is 2. The van der Waals surface area contributed by atoms with Crippen LogP contribution in [0.4, 0.5) is 0 Å². The summed E-state index contributed by atoms with van der Waals surface area (Å²) in [5.41, 5.74) is 0.307. The average molecular weight is 242 g/mol. The van der Waals surface area contributed by atoms with Gasteiger partial charge in [-0.05, 0) is 6.92 Å². The van der Waals surface area contributed by atoms with E-state index >= 15 is 0 Å². The third kappa shape index (κ3) is 3.54. The third-order valence-corrected chi connectivity index (χ3v) is 2.08. The SMILES string of the molecule is CCn1c(C(=O)OC(C)(C)O)cnc1COC. The molecule has 1 aromatic heterocycles. The first-order chi connectivity index (χ1) is 7.89. The van der Waals surface area contributed by atoms with Gasteiger partial charge in [-0.1, -0.05) is 0 Å². The van der Waals surface area contributed by atoms with Crippen molar-refractivity contribution in [2.75, 3.05) is 7.11 Å². The second-order valence-corrected chi connectivity index (χ2v) is 4.07. The molecule has 6 heteroatoms. The number of ether oxygens (including phenoxy) is 2. The summed E-state index contributed by atoms with van der Waals surface area (Å²) < 4.78 is 11.5. The molecule has 0 aromatic carbocycles. The molecule has 0 spiro atoms. The molecule has 0 fully saturated rings. The average Bonchev–Trinajstić information content (AvgIpc) is 2.58. The summed E-state index contributed by atoms with van der Waals surface area (Å²) in [6, 6.07) is 0. The van der Waals surface area contributed by atoms with E-state index in [2.05, 4.69) is 4.98 Å². The Labute approximate surface area is 100 Å². The van der Waals surface area contributed by atoms with Crippen molar-refractivity contribution in [2.24, 2.45) is 0 Å². The van der Waals surface area contributed by atoms with Crippen LogP contribution in [0.25, 0.3) is 0 Å². The standard InChI is InChI=1S/C11H18N2O4/c1-5-13-8(6-12-9(13)7-16-4)10(14)17-11(2,3)15/h6,15H,5,7H2,1-4H3. The second kappa shape index (κ2) is 5.29. The molecule has 96 valence electrons. The van der Waals surface area contributed by atoms with Crippen molar-refractivity contribution in [1.29, 1.82) is 0 Å². The minimum atomic E-state index is -1.50. The normalized spacial score (nSPS) is 11.6. The topological polar surface area (TPSA) is 73.6 Å². The van der Waals surface area contributed by atoms with Crippen LogP contribution in [0.2, 0.25) is 0 Å². The highest BCUT2D eigenvalue weighted by molar-refractivity contribution is 5.87. The van der Waals surface area contributed by atoms with E-state index in [1.165, 1.54) is 20.0 Å². The van der Waals surface area contributed by atoms with Gasteiger partial charge in [-0.15, -0.1) is 0 Å². The Hall–Kier alpha value is -1.40. The van der Waals surface area contributed by atoms with Gasteiger partial charge in [-0.2, -0.15) is 0 Å². The molecule has 0 bridgehead atoms. The van der Waals surface area contributed by atoms with Crippen LogP contribution in [0.3, 0.4) is 0 Å². The number of rotatable bonds is 5. The number of nitrogens with zero attached hydrogens (tertiary/aromatic N) is 2. The van der Waals surface area contributed by atoms with Gasteiger partial charge in [0.25, 0.3) is 0 Å². The van der Waals surface area contributed by atoms with E-state index in [-0.39, 0.29) is 0 Å². The maximum Gasteiger partial charge on any atom is 0.359 e. The van der Waals surface area contributed by atoms with E-state index in [4.69, 9.17) is 9.47 Å². The highest BCUT2D eigenvalue weighted by Gasteiger charge is 2.23. The predicted octanol–water partition coefficient (Wildman–Crippen LogP) is 0.935. The maximum absolute atomic E-state index is 11.8. The van der Waals surface area contributed by atoms with Crippen molar-refractivity contribution < 1.29 is 19.4 Å². The fraction of sp³-hybridized carbons (Fsp3) is 0.636. The molecule has 0 radical (unpaired) electrons. The quantitative estimate of drug-likeness (QED) is 0.614. The number of methoxy groups -OCH3 is 1. The fourth-order valence-electron chi connectivity index (χ4n) is 1.45. The fourth-order valence-corrected chi connectivity index (χ4v) is 1.45. The van der Waals surface area contributed by atoms with Crippen LogP contribution in [-0.4, -0.2) is 33.5 Å². The summed E-state index contributed by atoms with van der Waals surface area (Å²) in [4.78, 5) is 15.9. The summed E-state index contributed by atoms with van der Waals surface area (Å²) in [6.45, 7) is 5.58.